The van der Waals surface area contributed by atoms with Crippen LogP contribution in [0, 0.1) is 11.8 Å². The monoisotopic (exact) mass is 301 g/mol. The fourth-order valence-corrected chi connectivity index (χ4v) is 2.48. The summed E-state index contributed by atoms with van der Waals surface area (Å²) in [5, 5.41) is 9.85. The molecule has 1 aromatic carbocycles. The molecule has 0 bridgehead atoms. The summed E-state index contributed by atoms with van der Waals surface area (Å²) in [6, 6.07) is 5.09. The molecule has 4 nitrogen and oxygen atoms in total. The van der Waals surface area contributed by atoms with Gasteiger partial charge in [0.15, 0.2) is 0 Å². The summed E-state index contributed by atoms with van der Waals surface area (Å²) in [4.78, 5) is 24.2. The third-order valence-electron chi connectivity index (χ3n) is 3.22. The van der Waals surface area contributed by atoms with Gasteiger partial charge in [0.2, 0.25) is 5.91 Å². The number of hydrogen-bond donors (Lipinski definition) is 1. The van der Waals surface area contributed by atoms with Gasteiger partial charge in [-0.15, -0.1) is 0 Å². The van der Waals surface area contributed by atoms with Gasteiger partial charge in [-0.25, -0.2) is 0 Å². The molecule has 1 aromatic rings. The van der Waals surface area contributed by atoms with E-state index in [9.17, 15) is 9.59 Å². The molecule has 2 unspecified atom stereocenters. The van der Waals surface area contributed by atoms with Crippen molar-refractivity contribution in [3.63, 3.8) is 0 Å². The standard InChI is InChI=1S/C13H13Cl2NO3/c1-16(12(17)9-5-10(9)13(18)19)6-7-2-3-8(14)4-11(7)15/h2-4,9-10H,5-6H2,1H3,(H,18,19). The maximum absolute atomic E-state index is 12.0. The Hall–Kier alpha value is -1.26. The fourth-order valence-electron chi connectivity index (χ4n) is 2.01. The summed E-state index contributed by atoms with van der Waals surface area (Å²) in [5.41, 5.74) is 0.787. The van der Waals surface area contributed by atoms with Gasteiger partial charge in [-0.1, -0.05) is 29.3 Å². The average molecular weight is 302 g/mol. The lowest BCUT2D eigenvalue weighted by molar-refractivity contribution is -0.141. The lowest BCUT2D eigenvalue weighted by Crippen LogP contribution is -2.28. The first kappa shape index (κ1) is 14.2. The normalized spacial score (nSPS) is 21.0. The van der Waals surface area contributed by atoms with Crippen LogP contribution in [-0.4, -0.2) is 28.9 Å². The van der Waals surface area contributed by atoms with Crippen LogP contribution in [0.3, 0.4) is 0 Å². The molecule has 2 atom stereocenters. The number of rotatable bonds is 4. The van der Waals surface area contributed by atoms with E-state index in [1.54, 1.807) is 25.2 Å². The minimum Gasteiger partial charge on any atom is -0.481 e. The Morgan fingerprint density at radius 2 is 2.05 bits per heavy atom. The zero-order valence-corrected chi connectivity index (χ0v) is 11.8. The van der Waals surface area contributed by atoms with Crippen molar-refractivity contribution >= 4 is 35.1 Å². The van der Waals surface area contributed by atoms with Crippen molar-refractivity contribution < 1.29 is 14.7 Å². The number of aliphatic carboxylic acids is 1. The van der Waals surface area contributed by atoms with Crippen LogP contribution in [0.25, 0.3) is 0 Å². The van der Waals surface area contributed by atoms with Crippen molar-refractivity contribution in [1.82, 2.24) is 4.90 Å². The second-order valence-electron chi connectivity index (χ2n) is 4.72. The van der Waals surface area contributed by atoms with E-state index < -0.39 is 17.8 Å². The van der Waals surface area contributed by atoms with Gasteiger partial charge in [0.25, 0.3) is 0 Å². The number of nitrogens with zero attached hydrogens (tertiary/aromatic N) is 1. The van der Waals surface area contributed by atoms with Crippen LogP contribution in [0.1, 0.15) is 12.0 Å². The van der Waals surface area contributed by atoms with Gasteiger partial charge in [0, 0.05) is 23.6 Å². The van der Waals surface area contributed by atoms with Gasteiger partial charge in [-0.05, 0) is 24.1 Å². The molecule has 1 amide bonds. The van der Waals surface area contributed by atoms with Crippen molar-refractivity contribution in [2.45, 2.75) is 13.0 Å². The third kappa shape index (κ3) is 3.19. The van der Waals surface area contributed by atoms with Crippen molar-refractivity contribution in [1.29, 1.82) is 0 Å². The maximum atomic E-state index is 12.0. The van der Waals surface area contributed by atoms with Crippen molar-refractivity contribution in [2.24, 2.45) is 11.8 Å². The molecule has 1 saturated carbocycles. The average Bonchev–Trinajstić information content (AvgIpc) is 3.11. The zero-order valence-electron chi connectivity index (χ0n) is 10.3. The first-order valence-electron chi connectivity index (χ1n) is 5.82. The number of carbonyl (C=O) groups excluding carboxylic acids is 1. The van der Waals surface area contributed by atoms with Crippen molar-refractivity contribution in [3.05, 3.63) is 33.8 Å². The van der Waals surface area contributed by atoms with Gasteiger partial charge < -0.3 is 10.0 Å². The van der Waals surface area contributed by atoms with Crippen molar-refractivity contribution in [2.75, 3.05) is 7.05 Å². The summed E-state index contributed by atoms with van der Waals surface area (Å²) in [6.07, 6.45) is 0.423. The molecule has 0 radical (unpaired) electrons. The maximum Gasteiger partial charge on any atom is 0.307 e. The Morgan fingerprint density at radius 1 is 1.37 bits per heavy atom. The van der Waals surface area contributed by atoms with Gasteiger partial charge in [0.1, 0.15) is 0 Å². The van der Waals surface area contributed by atoms with Crippen molar-refractivity contribution in [3.8, 4) is 0 Å². The summed E-state index contributed by atoms with van der Waals surface area (Å²) < 4.78 is 0. The lowest BCUT2D eigenvalue weighted by atomic mass is 10.2. The molecule has 2 rings (SSSR count). The fraction of sp³-hybridized carbons (Fsp3) is 0.385. The number of halogens is 2. The number of amides is 1. The van der Waals surface area contributed by atoms with Crippen LogP contribution in [0.4, 0.5) is 0 Å². The zero-order chi connectivity index (χ0) is 14.2. The van der Waals surface area contributed by atoms with Crippen LogP contribution >= 0.6 is 23.2 Å². The smallest absolute Gasteiger partial charge is 0.307 e. The third-order valence-corrected chi connectivity index (χ3v) is 3.81. The second kappa shape index (κ2) is 5.39. The predicted molar refractivity (Wildman–Crippen MR) is 72.2 cm³/mol. The molecule has 1 aliphatic rings. The summed E-state index contributed by atoms with van der Waals surface area (Å²) in [5.74, 6) is -1.99. The molecule has 0 aliphatic heterocycles. The molecule has 1 fully saturated rings. The summed E-state index contributed by atoms with van der Waals surface area (Å²) in [6.45, 7) is 0.345. The first-order valence-corrected chi connectivity index (χ1v) is 6.57. The lowest BCUT2D eigenvalue weighted by Gasteiger charge is -2.18. The Kier molecular flexibility index (Phi) is 4.02. The molecule has 1 N–H and O–H groups in total. The van der Waals surface area contributed by atoms with E-state index in [4.69, 9.17) is 28.3 Å². The van der Waals surface area contributed by atoms with Crippen LogP contribution in [0.2, 0.25) is 10.0 Å². The quantitative estimate of drug-likeness (QED) is 0.930. The topological polar surface area (TPSA) is 57.6 Å². The Balaban J connectivity index is 1.99. The largest absolute Gasteiger partial charge is 0.481 e. The van der Waals surface area contributed by atoms with Gasteiger partial charge in [-0.2, -0.15) is 0 Å². The molecular weight excluding hydrogens is 289 g/mol. The minimum atomic E-state index is -0.906. The number of benzene rings is 1. The van der Waals surface area contributed by atoms with E-state index in [1.165, 1.54) is 4.90 Å². The van der Waals surface area contributed by atoms with E-state index in [1.807, 2.05) is 0 Å². The van der Waals surface area contributed by atoms with Gasteiger partial charge in [0.05, 0.1) is 11.8 Å². The van der Waals surface area contributed by atoms with Crippen LogP contribution in [0.5, 0.6) is 0 Å². The molecule has 6 heteroatoms. The Morgan fingerprint density at radius 3 is 2.58 bits per heavy atom. The van der Waals surface area contributed by atoms with E-state index in [0.29, 0.717) is 23.0 Å². The van der Waals surface area contributed by atoms with Crippen LogP contribution in [0.15, 0.2) is 18.2 Å². The molecule has 102 valence electrons. The highest BCUT2D eigenvalue weighted by Gasteiger charge is 2.49. The molecule has 19 heavy (non-hydrogen) atoms. The second-order valence-corrected chi connectivity index (χ2v) is 5.56. The SMILES string of the molecule is CN(Cc1ccc(Cl)cc1Cl)C(=O)C1CC1C(=O)O. The van der Waals surface area contributed by atoms with E-state index in [2.05, 4.69) is 0 Å². The van der Waals surface area contributed by atoms with Crippen LogP contribution in [-0.2, 0) is 16.1 Å². The highest BCUT2D eigenvalue weighted by Crippen LogP contribution is 2.40. The van der Waals surface area contributed by atoms with Gasteiger partial charge >= 0.3 is 5.97 Å². The predicted octanol–water partition coefficient (Wildman–Crippen LogP) is 2.67. The van der Waals surface area contributed by atoms with E-state index >= 15 is 0 Å². The minimum absolute atomic E-state index is 0.154. The number of carboxylic acids is 1. The van der Waals surface area contributed by atoms with Gasteiger partial charge in [-0.3, -0.25) is 9.59 Å². The Labute approximate surface area is 120 Å². The Bertz CT molecular complexity index is 533. The highest BCUT2D eigenvalue weighted by atomic mass is 35.5. The molecule has 1 aliphatic carbocycles. The molecule has 0 aromatic heterocycles. The number of hydrogen-bond acceptors (Lipinski definition) is 2. The molecule has 0 heterocycles. The van der Waals surface area contributed by atoms with E-state index in [-0.39, 0.29) is 5.91 Å². The number of carboxylic acid groups (broad SMARTS) is 1. The highest BCUT2D eigenvalue weighted by molar-refractivity contribution is 6.35. The molecule has 0 spiro atoms. The molecule has 0 saturated heterocycles. The molecular formula is C13H13Cl2NO3. The first-order chi connectivity index (χ1) is 8.90. The van der Waals surface area contributed by atoms with E-state index in [0.717, 1.165) is 5.56 Å². The number of carbonyl (C=O) groups is 2. The van der Waals surface area contributed by atoms with Crippen LogP contribution < -0.4 is 0 Å². The summed E-state index contributed by atoms with van der Waals surface area (Å²) >= 11 is 11.8. The summed E-state index contributed by atoms with van der Waals surface area (Å²) in [7, 11) is 1.64.